The van der Waals surface area contributed by atoms with Crippen LogP contribution in [0.15, 0.2) is 120 Å². The quantitative estimate of drug-likeness (QED) is 0.220. The van der Waals surface area contributed by atoms with Gasteiger partial charge in [0.2, 0.25) is 0 Å². The average molecular weight is 500 g/mol. The smallest absolute Gasteiger partial charge is 0.137 e. The molecular weight excluding hydrogens is 474 g/mol. The van der Waals surface area contributed by atoms with E-state index in [2.05, 4.69) is 128 Å². The lowest BCUT2D eigenvalue weighted by Crippen LogP contribution is -2.14. The summed E-state index contributed by atoms with van der Waals surface area (Å²) in [4.78, 5) is 0. The summed E-state index contributed by atoms with van der Waals surface area (Å²) >= 11 is 0. The maximum atomic E-state index is 6.29. The first-order valence-corrected chi connectivity index (χ1v) is 13.6. The fourth-order valence-corrected chi connectivity index (χ4v) is 7.27. The van der Waals surface area contributed by atoms with Gasteiger partial charge in [-0.2, -0.15) is 0 Å². The van der Waals surface area contributed by atoms with Crippen LogP contribution < -0.4 is 0 Å². The van der Waals surface area contributed by atoms with Crippen LogP contribution in [-0.2, 0) is 5.41 Å². The van der Waals surface area contributed by atoms with Gasteiger partial charge in [0.1, 0.15) is 11.2 Å². The first kappa shape index (κ1) is 21.2. The van der Waals surface area contributed by atoms with Crippen molar-refractivity contribution in [1.29, 1.82) is 0 Å². The molecule has 39 heavy (non-hydrogen) atoms. The lowest BCUT2D eigenvalue weighted by atomic mass is 9.82. The molecule has 2 aromatic heterocycles. The normalized spacial score (nSPS) is 14.1. The summed E-state index contributed by atoms with van der Waals surface area (Å²) in [5, 5.41) is 7.52. The molecule has 0 radical (unpaired) electrons. The van der Waals surface area contributed by atoms with Crippen molar-refractivity contribution < 1.29 is 4.42 Å². The van der Waals surface area contributed by atoms with Crippen molar-refractivity contribution in [1.82, 2.24) is 4.57 Å². The summed E-state index contributed by atoms with van der Waals surface area (Å²) in [6, 6.07) is 41.8. The fraction of sp³-hybridized carbons (Fsp3) is 0.0811. The summed E-state index contributed by atoms with van der Waals surface area (Å²) < 4.78 is 8.74. The Morgan fingerprint density at radius 3 is 2.21 bits per heavy atom. The van der Waals surface area contributed by atoms with Gasteiger partial charge in [0.15, 0.2) is 0 Å². The summed E-state index contributed by atoms with van der Waals surface area (Å²) in [6.07, 6.45) is 0. The lowest BCUT2D eigenvalue weighted by Gasteiger charge is -2.21. The molecule has 1 aliphatic rings. The summed E-state index contributed by atoms with van der Waals surface area (Å²) in [5.74, 6) is 0. The van der Waals surface area contributed by atoms with E-state index in [4.69, 9.17) is 4.42 Å². The first-order chi connectivity index (χ1) is 19.1. The van der Waals surface area contributed by atoms with Crippen molar-refractivity contribution in [2.75, 3.05) is 0 Å². The van der Waals surface area contributed by atoms with E-state index in [1.54, 1.807) is 0 Å². The van der Waals surface area contributed by atoms with Gasteiger partial charge in [-0.15, -0.1) is 0 Å². The molecule has 0 saturated heterocycles. The number of furan rings is 1. The Balaban J connectivity index is 1.51. The van der Waals surface area contributed by atoms with Gasteiger partial charge >= 0.3 is 0 Å². The van der Waals surface area contributed by atoms with Crippen molar-refractivity contribution in [3.8, 4) is 16.8 Å². The standard InChI is InChI=1S/C37H25NO/c1-37(2)26-13-6-3-10-23(26)34-27(37)20-18-22-19-21-30-36(33(22)34)24-11-4-7-14-28(24)38(30)29-15-9-17-32-35(29)25-12-5-8-16-31(25)39-32/h3-21H,1-2H3. The van der Waals surface area contributed by atoms with E-state index in [-0.39, 0.29) is 5.41 Å². The molecule has 0 spiro atoms. The van der Waals surface area contributed by atoms with E-state index in [9.17, 15) is 0 Å². The molecule has 2 nitrogen and oxygen atoms in total. The third kappa shape index (κ3) is 2.56. The van der Waals surface area contributed by atoms with Gasteiger partial charge in [-0.25, -0.2) is 0 Å². The van der Waals surface area contributed by atoms with Crippen LogP contribution in [0.4, 0.5) is 0 Å². The van der Waals surface area contributed by atoms with Gasteiger partial charge in [0.25, 0.3) is 0 Å². The first-order valence-electron chi connectivity index (χ1n) is 13.6. The Morgan fingerprint density at radius 1 is 0.538 bits per heavy atom. The molecule has 9 rings (SSSR count). The van der Waals surface area contributed by atoms with Crippen LogP contribution in [0, 0.1) is 0 Å². The maximum absolute atomic E-state index is 6.29. The van der Waals surface area contributed by atoms with Gasteiger partial charge in [-0.1, -0.05) is 98.8 Å². The van der Waals surface area contributed by atoms with E-state index in [0.717, 1.165) is 27.6 Å². The molecule has 0 N–H and O–H groups in total. The largest absolute Gasteiger partial charge is 0.456 e. The molecule has 8 aromatic rings. The summed E-state index contributed by atoms with van der Waals surface area (Å²) in [7, 11) is 0. The number of hydrogen-bond acceptors (Lipinski definition) is 1. The van der Waals surface area contributed by atoms with Crippen LogP contribution in [0.3, 0.4) is 0 Å². The minimum atomic E-state index is -0.0397. The Bertz CT molecular complexity index is 2310. The number of para-hydroxylation sites is 2. The second kappa shape index (κ2) is 7.18. The Hall–Kier alpha value is -4.82. The topological polar surface area (TPSA) is 18.1 Å². The molecule has 0 aliphatic heterocycles. The lowest BCUT2D eigenvalue weighted by molar-refractivity contribution is 0.661. The van der Waals surface area contributed by atoms with Crippen molar-refractivity contribution in [3.63, 3.8) is 0 Å². The molecule has 2 heteroatoms. The Labute approximate surface area is 225 Å². The highest BCUT2D eigenvalue weighted by Gasteiger charge is 2.36. The number of rotatable bonds is 1. The third-order valence-corrected chi connectivity index (χ3v) is 8.98. The SMILES string of the molecule is CC1(C)c2ccccc2-c2c1ccc1ccc3c(c4ccccc4n3-c3cccc4oc5ccccc5c34)c21. The number of fused-ring (bicyclic) bond motifs is 12. The molecule has 2 heterocycles. The zero-order valence-corrected chi connectivity index (χ0v) is 21.8. The summed E-state index contributed by atoms with van der Waals surface area (Å²) in [5.41, 5.74) is 10.9. The highest BCUT2D eigenvalue weighted by Crippen LogP contribution is 2.53. The van der Waals surface area contributed by atoms with E-state index >= 15 is 0 Å². The Morgan fingerprint density at radius 2 is 1.28 bits per heavy atom. The third-order valence-electron chi connectivity index (χ3n) is 8.98. The molecule has 6 aromatic carbocycles. The number of benzene rings is 6. The van der Waals surface area contributed by atoms with E-state index in [1.165, 1.54) is 54.8 Å². The second-order valence-electron chi connectivity index (χ2n) is 11.3. The molecule has 184 valence electrons. The van der Waals surface area contributed by atoms with Gasteiger partial charge in [-0.3, -0.25) is 0 Å². The predicted octanol–water partition coefficient (Wildman–Crippen LogP) is 10.1. The van der Waals surface area contributed by atoms with Crippen LogP contribution in [0.2, 0.25) is 0 Å². The van der Waals surface area contributed by atoms with Gasteiger partial charge in [0, 0.05) is 21.6 Å². The number of hydrogen-bond donors (Lipinski definition) is 0. The average Bonchev–Trinajstić information content (AvgIpc) is 3.59. The molecule has 0 bridgehead atoms. The molecule has 0 amide bonds. The Kier molecular flexibility index (Phi) is 3.89. The minimum absolute atomic E-state index is 0.0397. The van der Waals surface area contributed by atoms with Crippen LogP contribution in [-0.4, -0.2) is 4.57 Å². The van der Waals surface area contributed by atoms with Gasteiger partial charge < -0.3 is 8.98 Å². The molecular formula is C37H25NO. The van der Waals surface area contributed by atoms with Crippen molar-refractivity contribution in [3.05, 3.63) is 126 Å². The molecule has 0 saturated carbocycles. The van der Waals surface area contributed by atoms with Crippen LogP contribution in [0.1, 0.15) is 25.0 Å². The van der Waals surface area contributed by atoms with Gasteiger partial charge in [0.05, 0.1) is 22.1 Å². The van der Waals surface area contributed by atoms with Crippen molar-refractivity contribution in [2.24, 2.45) is 0 Å². The van der Waals surface area contributed by atoms with Crippen LogP contribution in [0.25, 0.3) is 71.3 Å². The van der Waals surface area contributed by atoms with Crippen molar-refractivity contribution >= 4 is 54.5 Å². The van der Waals surface area contributed by atoms with Crippen LogP contribution in [0.5, 0.6) is 0 Å². The zero-order valence-electron chi connectivity index (χ0n) is 21.8. The zero-order chi connectivity index (χ0) is 25.9. The predicted molar refractivity (Wildman–Crippen MR) is 163 cm³/mol. The molecule has 0 fully saturated rings. The molecule has 1 aliphatic carbocycles. The number of nitrogens with zero attached hydrogens (tertiary/aromatic N) is 1. The molecule has 0 unspecified atom stereocenters. The molecule has 0 atom stereocenters. The number of aromatic nitrogens is 1. The highest BCUT2D eigenvalue weighted by molar-refractivity contribution is 6.26. The van der Waals surface area contributed by atoms with E-state index in [1.807, 2.05) is 6.07 Å². The monoisotopic (exact) mass is 499 g/mol. The maximum Gasteiger partial charge on any atom is 0.137 e. The van der Waals surface area contributed by atoms with E-state index < -0.39 is 0 Å². The van der Waals surface area contributed by atoms with Crippen LogP contribution >= 0.6 is 0 Å². The summed E-state index contributed by atoms with van der Waals surface area (Å²) in [6.45, 7) is 4.72. The van der Waals surface area contributed by atoms with Crippen molar-refractivity contribution in [2.45, 2.75) is 19.3 Å². The second-order valence-corrected chi connectivity index (χ2v) is 11.3. The minimum Gasteiger partial charge on any atom is -0.456 e. The van der Waals surface area contributed by atoms with Gasteiger partial charge in [-0.05, 0) is 63.4 Å². The highest BCUT2D eigenvalue weighted by atomic mass is 16.3. The fourth-order valence-electron chi connectivity index (χ4n) is 7.27. The van der Waals surface area contributed by atoms with E-state index in [0.29, 0.717) is 0 Å².